The smallest absolute Gasteiger partial charge is 0.340 e. The number of hydrogen-bond donors (Lipinski definition) is 2. The van der Waals surface area contributed by atoms with E-state index in [4.69, 9.17) is 17.3 Å². The standard InChI is InChI=1S/C11H16ClN5O3/c12-3-6-17(15-20)11(19)14-4-7-16-5-1-2-9(8-16)10(13)18/h1,5,8H,2-4,6-7H2,(H2,13,18)(H,14,19). The number of amides is 3. The topological polar surface area (TPSA) is 108 Å². The minimum absolute atomic E-state index is 0.0478. The van der Waals surface area contributed by atoms with Crippen molar-refractivity contribution in [3.05, 3.63) is 29.0 Å². The third kappa shape index (κ3) is 4.88. The van der Waals surface area contributed by atoms with Crippen LogP contribution in [0.5, 0.6) is 0 Å². The summed E-state index contributed by atoms with van der Waals surface area (Å²) in [6.45, 7) is 0.763. The summed E-state index contributed by atoms with van der Waals surface area (Å²) < 4.78 is 0. The molecule has 1 aliphatic rings. The minimum Gasteiger partial charge on any atom is -0.366 e. The average molecular weight is 302 g/mol. The van der Waals surface area contributed by atoms with E-state index in [0.717, 1.165) is 0 Å². The number of nitrogens with two attached hydrogens (primary N) is 1. The van der Waals surface area contributed by atoms with Crippen LogP contribution < -0.4 is 11.1 Å². The van der Waals surface area contributed by atoms with Gasteiger partial charge < -0.3 is 16.0 Å². The maximum atomic E-state index is 11.5. The second kappa shape index (κ2) is 8.16. The Kier molecular flexibility index (Phi) is 6.51. The Morgan fingerprint density at radius 2 is 2.30 bits per heavy atom. The molecule has 0 saturated carbocycles. The Morgan fingerprint density at radius 3 is 2.90 bits per heavy atom. The maximum absolute atomic E-state index is 11.5. The van der Waals surface area contributed by atoms with E-state index in [9.17, 15) is 14.5 Å². The lowest BCUT2D eigenvalue weighted by Crippen LogP contribution is -2.40. The Bertz CT molecular complexity index is 438. The van der Waals surface area contributed by atoms with Crippen molar-refractivity contribution in [2.75, 3.05) is 25.5 Å². The van der Waals surface area contributed by atoms with Crippen molar-refractivity contribution >= 4 is 23.5 Å². The lowest BCUT2D eigenvalue weighted by molar-refractivity contribution is -0.114. The van der Waals surface area contributed by atoms with Crippen LogP contribution in [0.4, 0.5) is 4.79 Å². The van der Waals surface area contributed by atoms with Crippen LogP contribution in [0, 0.1) is 4.91 Å². The zero-order chi connectivity index (χ0) is 15.0. The predicted molar refractivity (Wildman–Crippen MR) is 74.4 cm³/mol. The summed E-state index contributed by atoms with van der Waals surface area (Å²) in [5.74, 6) is -0.347. The number of halogens is 1. The molecule has 8 nitrogen and oxygen atoms in total. The van der Waals surface area contributed by atoms with E-state index in [0.29, 0.717) is 23.5 Å². The summed E-state index contributed by atoms with van der Waals surface area (Å²) in [7, 11) is 0. The van der Waals surface area contributed by atoms with Crippen molar-refractivity contribution in [3.8, 4) is 0 Å². The average Bonchev–Trinajstić information content (AvgIpc) is 2.44. The molecule has 3 amide bonds. The lowest BCUT2D eigenvalue weighted by atomic mass is 10.1. The van der Waals surface area contributed by atoms with Gasteiger partial charge in [-0.25, -0.2) is 4.79 Å². The monoisotopic (exact) mass is 301 g/mol. The summed E-state index contributed by atoms with van der Waals surface area (Å²) >= 11 is 5.43. The Balaban J connectivity index is 2.38. The summed E-state index contributed by atoms with van der Waals surface area (Å²) in [6, 6.07) is -0.610. The molecule has 0 bridgehead atoms. The number of carbonyl (C=O) groups excluding carboxylic acids is 2. The van der Waals surface area contributed by atoms with Gasteiger partial charge >= 0.3 is 6.03 Å². The van der Waals surface area contributed by atoms with E-state index in [-0.39, 0.29) is 19.0 Å². The first-order chi connectivity index (χ1) is 9.58. The van der Waals surface area contributed by atoms with Crippen molar-refractivity contribution in [1.29, 1.82) is 0 Å². The van der Waals surface area contributed by atoms with E-state index in [1.54, 1.807) is 23.4 Å². The van der Waals surface area contributed by atoms with Gasteiger partial charge in [0, 0.05) is 30.7 Å². The van der Waals surface area contributed by atoms with Gasteiger partial charge in [-0.1, -0.05) is 6.08 Å². The quantitative estimate of drug-likeness (QED) is 0.405. The van der Waals surface area contributed by atoms with E-state index in [1.165, 1.54) is 0 Å². The van der Waals surface area contributed by atoms with Crippen LogP contribution >= 0.6 is 11.6 Å². The molecular weight excluding hydrogens is 286 g/mol. The number of hydrogen-bond acceptors (Lipinski definition) is 5. The lowest BCUT2D eigenvalue weighted by Gasteiger charge is -2.21. The molecule has 0 atom stereocenters. The normalized spacial score (nSPS) is 13.7. The molecule has 1 rings (SSSR count). The van der Waals surface area contributed by atoms with Crippen molar-refractivity contribution in [3.63, 3.8) is 0 Å². The summed E-state index contributed by atoms with van der Waals surface area (Å²) in [5.41, 5.74) is 5.69. The fourth-order valence-corrected chi connectivity index (χ4v) is 1.72. The summed E-state index contributed by atoms with van der Waals surface area (Å²) in [5, 5.41) is 5.80. The van der Waals surface area contributed by atoms with Crippen molar-refractivity contribution in [2.24, 2.45) is 11.0 Å². The third-order valence-electron chi connectivity index (χ3n) is 2.55. The molecule has 9 heteroatoms. The number of primary amides is 1. The molecule has 0 aromatic carbocycles. The first-order valence-electron chi connectivity index (χ1n) is 5.96. The van der Waals surface area contributed by atoms with Gasteiger partial charge in [0.05, 0.1) is 11.8 Å². The van der Waals surface area contributed by atoms with Crippen LogP contribution in [0.3, 0.4) is 0 Å². The molecule has 0 fully saturated rings. The molecule has 0 radical (unpaired) electrons. The number of rotatable bonds is 7. The number of nitrogens with one attached hydrogen (secondary N) is 1. The van der Waals surface area contributed by atoms with Gasteiger partial charge in [-0.3, -0.25) is 4.79 Å². The van der Waals surface area contributed by atoms with E-state index < -0.39 is 11.9 Å². The molecule has 0 spiro atoms. The van der Waals surface area contributed by atoms with Gasteiger partial charge in [-0.15, -0.1) is 16.5 Å². The molecule has 1 aliphatic heterocycles. The van der Waals surface area contributed by atoms with Crippen LogP contribution in [0.15, 0.2) is 29.3 Å². The molecule has 3 N–H and O–H groups in total. The van der Waals surface area contributed by atoms with Gasteiger partial charge in [0.15, 0.2) is 0 Å². The first-order valence-corrected chi connectivity index (χ1v) is 6.49. The minimum atomic E-state index is -0.610. The molecule has 0 aliphatic carbocycles. The SMILES string of the molecule is NC(=O)C1=CN(CCNC(=O)N(CCCl)N=O)C=CC1. The summed E-state index contributed by atoms with van der Waals surface area (Å²) in [6.07, 6.45) is 5.71. The highest BCUT2D eigenvalue weighted by Gasteiger charge is 2.13. The number of alkyl halides is 1. The highest BCUT2D eigenvalue weighted by Crippen LogP contribution is 2.10. The molecule has 110 valence electrons. The van der Waals surface area contributed by atoms with Crippen LogP contribution in [-0.2, 0) is 4.79 Å². The van der Waals surface area contributed by atoms with Crippen LogP contribution in [0.1, 0.15) is 6.42 Å². The van der Waals surface area contributed by atoms with Crippen molar-refractivity contribution in [1.82, 2.24) is 15.2 Å². The van der Waals surface area contributed by atoms with Crippen LogP contribution in [-0.4, -0.2) is 47.4 Å². The van der Waals surface area contributed by atoms with Gasteiger partial charge in [0.2, 0.25) is 5.91 Å². The van der Waals surface area contributed by atoms with Crippen molar-refractivity contribution in [2.45, 2.75) is 6.42 Å². The fraction of sp³-hybridized carbons (Fsp3) is 0.455. The highest BCUT2D eigenvalue weighted by molar-refractivity contribution is 6.18. The van der Waals surface area contributed by atoms with Crippen molar-refractivity contribution < 1.29 is 9.59 Å². The number of nitrogens with zero attached hydrogens (tertiary/aromatic N) is 3. The fourth-order valence-electron chi connectivity index (χ4n) is 1.56. The number of urea groups is 1. The van der Waals surface area contributed by atoms with Gasteiger partial charge in [0.25, 0.3) is 0 Å². The Morgan fingerprint density at radius 1 is 1.55 bits per heavy atom. The molecule has 0 saturated heterocycles. The maximum Gasteiger partial charge on any atom is 0.340 e. The molecular formula is C11H16ClN5O3. The largest absolute Gasteiger partial charge is 0.366 e. The number of nitroso groups, excluding NO2 is 1. The second-order valence-corrected chi connectivity index (χ2v) is 4.35. The zero-order valence-corrected chi connectivity index (χ0v) is 11.5. The molecule has 1 heterocycles. The molecule has 0 aromatic heterocycles. The van der Waals surface area contributed by atoms with Gasteiger partial charge in [-0.05, 0) is 12.6 Å². The zero-order valence-electron chi connectivity index (χ0n) is 10.8. The summed E-state index contributed by atoms with van der Waals surface area (Å²) in [4.78, 5) is 34.7. The number of allylic oxidation sites excluding steroid dienone is 1. The highest BCUT2D eigenvalue weighted by atomic mass is 35.5. The Hall–Kier alpha value is -2.09. The van der Waals surface area contributed by atoms with Crippen LogP contribution in [0.25, 0.3) is 0 Å². The number of carbonyl (C=O) groups is 2. The van der Waals surface area contributed by atoms with Gasteiger partial charge in [-0.2, -0.15) is 5.01 Å². The van der Waals surface area contributed by atoms with E-state index >= 15 is 0 Å². The predicted octanol–water partition coefficient (Wildman–Crippen LogP) is 0.507. The van der Waals surface area contributed by atoms with Gasteiger partial charge in [0.1, 0.15) is 0 Å². The third-order valence-corrected chi connectivity index (χ3v) is 2.72. The first kappa shape index (κ1) is 16.0. The molecule has 0 aromatic rings. The second-order valence-electron chi connectivity index (χ2n) is 3.97. The Labute approximate surface area is 121 Å². The molecule has 20 heavy (non-hydrogen) atoms. The molecule has 0 unspecified atom stereocenters. The van der Waals surface area contributed by atoms with E-state index in [1.807, 2.05) is 0 Å². The van der Waals surface area contributed by atoms with Crippen LogP contribution in [0.2, 0.25) is 0 Å². The van der Waals surface area contributed by atoms with E-state index in [2.05, 4.69) is 10.6 Å².